The van der Waals surface area contributed by atoms with Gasteiger partial charge in [0.2, 0.25) is 0 Å². The average molecular weight is 601 g/mol. The number of ether oxygens (including phenoxy) is 4. The first-order chi connectivity index (χ1) is 20.4. The Morgan fingerprint density at radius 3 is 2.60 bits per heavy atom. The molecule has 1 saturated heterocycles. The van der Waals surface area contributed by atoms with Crippen LogP contribution < -0.4 is 21.3 Å². The van der Waals surface area contributed by atoms with Crippen molar-refractivity contribution in [3.63, 3.8) is 0 Å². The van der Waals surface area contributed by atoms with Crippen LogP contribution in [0.4, 0.5) is 4.79 Å². The van der Waals surface area contributed by atoms with Crippen molar-refractivity contribution in [2.24, 2.45) is 0 Å². The Bertz CT molecular complexity index is 1540. The normalized spacial score (nSPS) is 19.1. The third-order valence-corrected chi connectivity index (χ3v) is 6.73. The van der Waals surface area contributed by atoms with E-state index in [2.05, 4.69) is 20.6 Å². The molecule has 2 aromatic heterocycles. The van der Waals surface area contributed by atoms with E-state index in [1.165, 1.54) is 24.1 Å². The standard InChI is InChI=1S/C28H36N6O9/c1-16-13-33(26(38)31-24(16)36)23-11-21(22(14-35)42-23)34-18(12-29-32-34)15-41-19-8-6-17(7-9-19)10-20(25(37)40-5)30-27(39)43-28(2,3)4/h6-9,12-13,20-23,35H,10-11,14-15H2,1-5H3,(H,30,39)(H,31,36,38)/t20?,21-,22+,23+/m0/s1. The number of hydrogen-bond acceptors (Lipinski definition) is 11. The molecular weight excluding hydrogens is 564 g/mol. The van der Waals surface area contributed by atoms with E-state index in [9.17, 15) is 24.3 Å². The second-order valence-electron chi connectivity index (χ2n) is 11.1. The Balaban J connectivity index is 1.40. The minimum absolute atomic E-state index is 0.0916. The molecule has 0 spiro atoms. The van der Waals surface area contributed by atoms with E-state index in [1.807, 2.05) is 0 Å². The van der Waals surface area contributed by atoms with Crippen LogP contribution in [0.5, 0.6) is 5.75 Å². The first-order valence-electron chi connectivity index (χ1n) is 13.6. The molecule has 1 fully saturated rings. The maximum atomic E-state index is 12.4. The summed E-state index contributed by atoms with van der Waals surface area (Å²) in [7, 11) is 1.24. The molecule has 4 rings (SSSR count). The van der Waals surface area contributed by atoms with Gasteiger partial charge in [-0.15, -0.1) is 5.10 Å². The molecule has 1 unspecified atom stereocenters. The highest BCUT2D eigenvalue weighted by molar-refractivity contribution is 5.81. The fourth-order valence-electron chi connectivity index (χ4n) is 4.66. The first kappa shape index (κ1) is 31.4. The zero-order chi connectivity index (χ0) is 31.3. The van der Waals surface area contributed by atoms with E-state index in [0.29, 0.717) is 23.4 Å². The summed E-state index contributed by atoms with van der Waals surface area (Å²) in [4.78, 5) is 50.9. The van der Waals surface area contributed by atoms with Crippen molar-refractivity contribution in [2.45, 2.75) is 77.2 Å². The van der Waals surface area contributed by atoms with E-state index < -0.39 is 53.3 Å². The van der Waals surface area contributed by atoms with Crippen LogP contribution in [-0.2, 0) is 32.0 Å². The summed E-state index contributed by atoms with van der Waals surface area (Å²) in [6.07, 6.45) is 1.30. The van der Waals surface area contributed by atoms with Crippen LogP contribution in [-0.4, -0.2) is 73.2 Å². The number of aliphatic hydroxyl groups is 1. The Labute approximate surface area is 246 Å². The van der Waals surface area contributed by atoms with E-state index >= 15 is 0 Å². The van der Waals surface area contributed by atoms with E-state index in [4.69, 9.17) is 18.9 Å². The van der Waals surface area contributed by atoms with E-state index in [-0.39, 0.29) is 19.6 Å². The van der Waals surface area contributed by atoms with Gasteiger partial charge in [0.1, 0.15) is 36.3 Å². The number of carbonyl (C=O) groups is 2. The van der Waals surface area contributed by atoms with Crippen LogP contribution in [0.3, 0.4) is 0 Å². The van der Waals surface area contributed by atoms with Gasteiger partial charge in [0.25, 0.3) is 5.56 Å². The predicted octanol–water partition coefficient (Wildman–Crippen LogP) is 1.15. The highest BCUT2D eigenvalue weighted by atomic mass is 16.6. The lowest BCUT2D eigenvalue weighted by Gasteiger charge is -2.22. The summed E-state index contributed by atoms with van der Waals surface area (Å²) in [6, 6.07) is 5.57. The number of nitrogens with zero attached hydrogens (tertiary/aromatic N) is 4. The van der Waals surface area contributed by atoms with Crippen LogP contribution in [0, 0.1) is 6.92 Å². The van der Waals surface area contributed by atoms with E-state index in [1.54, 1.807) is 56.6 Å². The fraction of sp³-hybridized carbons (Fsp3) is 0.500. The number of carbonyl (C=O) groups excluding carboxylic acids is 2. The lowest BCUT2D eigenvalue weighted by Crippen LogP contribution is -2.45. The molecule has 0 radical (unpaired) electrons. The van der Waals surface area contributed by atoms with Crippen LogP contribution in [0.2, 0.25) is 0 Å². The number of nitrogens with one attached hydrogen (secondary N) is 2. The van der Waals surface area contributed by atoms with Gasteiger partial charge >= 0.3 is 17.8 Å². The third-order valence-electron chi connectivity index (χ3n) is 6.73. The lowest BCUT2D eigenvalue weighted by molar-refractivity contribution is -0.143. The minimum atomic E-state index is -0.945. The lowest BCUT2D eigenvalue weighted by atomic mass is 10.1. The summed E-state index contributed by atoms with van der Waals surface area (Å²) < 4.78 is 24.9. The van der Waals surface area contributed by atoms with Crippen LogP contribution in [0.15, 0.2) is 46.2 Å². The number of aromatic nitrogens is 5. The van der Waals surface area contributed by atoms with Crippen molar-refractivity contribution in [2.75, 3.05) is 13.7 Å². The number of alkyl carbamates (subject to hydrolysis) is 1. The molecule has 3 N–H and O–H groups in total. The molecule has 1 aliphatic rings. The predicted molar refractivity (Wildman–Crippen MR) is 150 cm³/mol. The summed E-state index contributed by atoms with van der Waals surface area (Å²) >= 11 is 0. The molecule has 15 heteroatoms. The number of hydrogen-bond donors (Lipinski definition) is 3. The summed E-state index contributed by atoms with van der Waals surface area (Å²) in [5, 5.41) is 20.7. The highest BCUT2D eigenvalue weighted by Crippen LogP contribution is 2.36. The van der Waals surface area contributed by atoms with Crippen molar-refractivity contribution in [1.29, 1.82) is 0 Å². The minimum Gasteiger partial charge on any atom is -0.487 e. The van der Waals surface area contributed by atoms with Crippen LogP contribution in [0.1, 0.15) is 56.3 Å². The molecule has 43 heavy (non-hydrogen) atoms. The van der Waals surface area contributed by atoms with Gasteiger partial charge in [-0.25, -0.2) is 19.1 Å². The molecule has 0 aliphatic carbocycles. The van der Waals surface area contributed by atoms with E-state index in [0.717, 1.165) is 5.56 Å². The smallest absolute Gasteiger partial charge is 0.408 e. The second-order valence-corrected chi connectivity index (χ2v) is 11.1. The molecule has 1 aromatic carbocycles. The molecule has 1 aliphatic heterocycles. The molecule has 15 nitrogen and oxygen atoms in total. The quantitative estimate of drug-likeness (QED) is 0.283. The Kier molecular flexibility index (Phi) is 9.66. The van der Waals surface area contributed by atoms with Gasteiger partial charge in [-0.05, 0) is 45.4 Å². The van der Waals surface area contributed by atoms with Crippen molar-refractivity contribution in [3.05, 3.63) is 74.3 Å². The number of methoxy groups -OCH3 is 1. The molecule has 0 bridgehead atoms. The van der Waals surface area contributed by atoms with Gasteiger partial charge in [0.15, 0.2) is 0 Å². The number of aliphatic hydroxyl groups excluding tert-OH is 1. The SMILES string of the molecule is COC(=O)C(Cc1ccc(OCc2cnnn2[C@H]2C[C@H](n3cc(C)c(=O)[nH]c3=O)O[C@@H]2CO)cc1)NC(=O)OC(C)(C)C. The fourth-order valence-corrected chi connectivity index (χ4v) is 4.66. The molecule has 3 aromatic rings. The van der Waals surface area contributed by atoms with Crippen molar-refractivity contribution in [1.82, 2.24) is 29.9 Å². The maximum absolute atomic E-state index is 12.4. The van der Waals surface area contributed by atoms with Gasteiger partial charge < -0.3 is 29.4 Å². The molecule has 0 saturated carbocycles. The van der Waals surface area contributed by atoms with Gasteiger partial charge in [-0.1, -0.05) is 17.3 Å². The number of aromatic amines is 1. The van der Waals surface area contributed by atoms with Crippen LogP contribution in [0.25, 0.3) is 0 Å². The molecular formula is C28H36N6O9. The van der Waals surface area contributed by atoms with Crippen molar-refractivity contribution >= 4 is 12.1 Å². The summed E-state index contributed by atoms with van der Waals surface area (Å²) in [6.45, 7) is 6.53. The largest absolute Gasteiger partial charge is 0.487 e. The number of amides is 1. The number of esters is 1. The molecule has 232 valence electrons. The Hall–Kier alpha value is -4.50. The average Bonchev–Trinajstić information content (AvgIpc) is 3.59. The van der Waals surface area contributed by atoms with Gasteiger partial charge in [0, 0.05) is 24.6 Å². The summed E-state index contributed by atoms with van der Waals surface area (Å²) in [5.74, 6) is -0.0763. The molecule has 4 atom stereocenters. The van der Waals surface area contributed by atoms with Gasteiger partial charge in [-0.3, -0.25) is 14.3 Å². The Morgan fingerprint density at radius 2 is 1.95 bits per heavy atom. The van der Waals surface area contributed by atoms with Crippen LogP contribution >= 0.6 is 0 Å². The van der Waals surface area contributed by atoms with Gasteiger partial charge in [-0.2, -0.15) is 0 Å². The molecule has 1 amide bonds. The third kappa shape index (κ3) is 7.87. The van der Waals surface area contributed by atoms with Gasteiger partial charge in [0.05, 0.1) is 31.6 Å². The molecule has 3 heterocycles. The first-order valence-corrected chi connectivity index (χ1v) is 13.6. The Morgan fingerprint density at radius 1 is 1.23 bits per heavy atom. The topological polar surface area (TPSA) is 189 Å². The van der Waals surface area contributed by atoms with Crippen molar-refractivity contribution < 1.29 is 33.6 Å². The highest BCUT2D eigenvalue weighted by Gasteiger charge is 2.39. The number of benzene rings is 1. The maximum Gasteiger partial charge on any atom is 0.408 e. The van der Waals surface area contributed by atoms with Crippen molar-refractivity contribution in [3.8, 4) is 5.75 Å². The number of rotatable bonds is 10. The zero-order valence-corrected chi connectivity index (χ0v) is 24.6. The number of aryl methyl sites for hydroxylation is 1. The summed E-state index contributed by atoms with van der Waals surface area (Å²) in [5.41, 5.74) is -0.0937. The zero-order valence-electron chi connectivity index (χ0n) is 24.6. The number of H-pyrrole nitrogens is 1. The second kappa shape index (κ2) is 13.2. The monoisotopic (exact) mass is 600 g/mol.